The number of rotatable bonds is 4. The fourth-order valence-electron chi connectivity index (χ4n) is 2.84. The highest BCUT2D eigenvalue weighted by Gasteiger charge is 2.48. The van der Waals surface area contributed by atoms with Crippen molar-refractivity contribution in [3.05, 3.63) is 47.2 Å². The van der Waals surface area contributed by atoms with Crippen LogP contribution in [0.4, 0.5) is 5.82 Å². The van der Waals surface area contributed by atoms with Gasteiger partial charge in [0.25, 0.3) is 0 Å². The molecule has 1 aromatic carbocycles. The first kappa shape index (κ1) is 11.3. The quantitative estimate of drug-likeness (QED) is 0.864. The Labute approximate surface area is 107 Å². The predicted octanol–water partition coefficient (Wildman–Crippen LogP) is 3.02. The van der Waals surface area contributed by atoms with Crippen LogP contribution < -0.4 is 5.73 Å². The molecule has 1 aliphatic carbocycles. The number of aromatic nitrogens is 2. The van der Waals surface area contributed by atoms with Gasteiger partial charge in [-0.2, -0.15) is 5.10 Å². The minimum Gasteiger partial charge on any atom is -0.382 e. The van der Waals surface area contributed by atoms with Gasteiger partial charge in [-0.15, -0.1) is 0 Å². The number of nitrogen functional groups attached to an aromatic ring is 1. The molecule has 94 valence electrons. The summed E-state index contributed by atoms with van der Waals surface area (Å²) in [6, 6.07) is 10.7. The molecule has 3 heteroatoms. The van der Waals surface area contributed by atoms with Crippen molar-refractivity contribution in [2.45, 2.75) is 38.0 Å². The van der Waals surface area contributed by atoms with E-state index >= 15 is 0 Å². The van der Waals surface area contributed by atoms with Gasteiger partial charge in [0.2, 0.25) is 0 Å². The summed E-state index contributed by atoms with van der Waals surface area (Å²) in [6.07, 6.45) is 4.48. The second-order valence-electron chi connectivity index (χ2n) is 5.16. The van der Waals surface area contributed by atoms with Crippen molar-refractivity contribution in [1.29, 1.82) is 0 Å². The molecule has 3 N–H and O–H groups in total. The molecule has 1 fully saturated rings. The molecule has 0 bridgehead atoms. The highest BCUT2D eigenvalue weighted by atomic mass is 15.2. The van der Waals surface area contributed by atoms with Gasteiger partial charge in [-0.25, -0.2) is 0 Å². The van der Waals surface area contributed by atoms with E-state index in [4.69, 9.17) is 5.73 Å². The summed E-state index contributed by atoms with van der Waals surface area (Å²) in [5.74, 6) is 0.675. The van der Waals surface area contributed by atoms with Crippen molar-refractivity contribution < 1.29 is 0 Å². The van der Waals surface area contributed by atoms with Crippen molar-refractivity contribution >= 4 is 5.82 Å². The maximum Gasteiger partial charge on any atom is 0.148 e. The normalized spacial score (nSPS) is 16.7. The Hall–Kier alpha value is -1.77. The molecule has 0 aliphatic heterocycles. The van der Waals surface area contributed by atoms with Gasteiger partial charge >= 0.3 is 0 Å². The lowest BCUT2D eigenvalue weighted by atomic mass is 9.89. The van der Waals surface area contributed by atoms with Crippen molar-refractivity contribution in [3.8, 4) is 0 Å². The zero-order valence-electron chi connectivity index (χ0n) is 10.7. The molecule has 3 rings (SSSR count). The van der Waals surface area contributed by atoms with Crippen LogP contribution in [0.1, 0.15) is 43.0 Å². The average Bonchev–Trinajstić information content (AvgIpc) is 3.13. The topological polar surface area (TPSA) is 54.7 Å². The van der Waals surface area contributed by atoms with Gasteiger partial charge in [0.15, 0.2) is 0 Å². The molecule has 0 radical (unpaired) electrons. The van der Waals surface area contributed by atoms with Crippen LogP contribution in [-0.4, -0.2) is 10.2 Å². The molecule has 0 saturated heterocycles. The van der Waals surface area contributed by atoms with E-state index < -0.39 is 0 Å². The Bertz CT molecular complexity index is 538. The molecule has 3 nitrogen and oxygen atoms in total. The lowest BCUT2D eigenvalue weighted by Crippen LogP contribution is -2.12. The van der Waals surface area contributed by atoms with Crippen molar-refractivity contribution in [2.24, 2.45) is 0 Å². The van der Waals surface area contributed by atoms with Gasteiger partial charge in [0.05, 0.1) is 5.69 Å². The largest absolute Gasteiger partial charge is 0.382 e. The summed E-state index contributed by atoms with van der Waals surface area (Å²) in [5, 5.41) is 7.40. The van der Waals surface area contributed by atoms with E-state index in [0.29, 0.717) is 5.82 Å². The number of H-pyrrole nitrogens is 1. The summed E-state index contributed by atoms with van der Waals surface area (Å²) in [7, 11) is 0. The number of nitrogens with zero attached hydrogens (tertiary/aromatic N) is 1. The van der Waals surface area contributed by atoms with E-state index in [-0.39, 0.29) is 5.41 Å². The summed E-state index contributed by atoms with van der Waals surface area (Å²) < 4.78 is 0. The molecule has 0 unspecified atom stereocenters. The highest BCUT2D eigenvalue weighted by Crippen LogP contribution is 2.54. The van der Waals surface area contributed by atoms with Crippen LogP contribution in [0.15, 0.2) is 30.3 Å². The van der Waals surface area contributed by atoms with Crippen LogP contribution in [-0.2, 0) is 11.8 Å². The minimum atomic E-state index is 0.149. The number of nitrogens with two attached hydrogens (primary N) is 1. The summed E-state index contributed by atoms with van der Waals surface area (Å²) in [5.41, 5.74) is 9.98. The van der Waals surface area contributed by atoms with Gasteiger partial charge in [-0.3, -0.25) is 5.10 Å². The fraction of sp³-hybridized carbons (Fsp3) is 0.400. The molecule has 1 aromatic heterocycles. The van der Waals surface area contributed by atoms with Gasteiger partial charge in [-0.1, -0.05) is 43.7 Å². The number of benzene rings is 1. The van der Waals surface area contributed by atoms with Crippen LogP contribution in [0.3, 0.4) is 0 Å². The Balaban J connectivity index is 2.05. The molecular formula is C15H19N3. The third-order valence-corrected chi connectivity index (χ3v) is 3.95. The van der Waals surface area contributed by atoms with Gasteiger partial charge in [0, 0.05) is 11.0 Å². The van der Waals surface area contributed by atoms with Gasteiger partial charge < -0.3 is 5.73 Å². The first-order valence-electron chi connectivity index (χ1n) is 6.66. The van der Waals surface area contributed by atoms with E-state index in [2.05, 4.69) is 47.5 Å². The van der Waals surface area contributed by atoms with Crippen LogP contribution in [0.5, 0.6) is 0 Å². The zero-order valence-corrected chi connectivity index (χ0v) is 10.7. The summed E-state index contributed by atoms with van der Waals surface area (Å²) >= 11 is 0. The predicted molar refractivity (Wildman–Crippen MR) is 73.5 cm³/mol. The molecule has 0 amide bonds. The van der Waals surface area contributed by atoms with Crippen molar-refractivity contribution in [3.63, 3.8) is 0 Å². The van der Waals surface area contributed by atoms with Gasteiger partial charge in [0.1, 0.15) is 5.82 Å². The molecule has 2 aromatic rings. The zero-order chi connectivity index (χ0) is 12.6. The summed E-state index contributed by atoms with van der Waals surface area (Å²) in [4.78, 5) is 0. The van der Waals surface area contributed by atoms with E-state index in [9.17, 15) is 0 Å². The van der Waals surface area contributed by atoms with Crippen LogP contribution in [0.2, 0.25) is 0 Å². The van der Waals surface area contributed by atoms with E-state index in [0.717, 1.165) is 12.8 Å². The molecular weight excluding hydrogens is 222 g/mol. The van der Waals surface area contributed by atoms with E-state index in [1.807, 2.05) is 0 Å². The minimum absolute atomic E-state index is 0.149. The number of hydrogen-bond donors (Lipinski definition) is 2. The maximum atomic E-state index is 5.99. The number of nitrogens with one attached hydrogen (secondary N) is 1. The van der Waals surface area contributed by atoms with Crippen LogP contribution in [0.25, 0.3) is 0 Å². The molecule has 1 aliphatic rings. The monoisotopic (exact) mass is 241 g/mol. The Morgan fingerprint density at radius 3 is 2.61 bits per heavy atom. The second-order valence-corrected chi connectivity index (χ2v) is 5.16. The third-order valence-electron chi connectivity index (χ3n) is 3.95. The third kappa shape index (κ3) is 1.62. The molecule has 18 heavy (non-hydrogen) atoms. The lowest BCUT2D eigenvalue weighted by molar-refractivity contribution is 0.768. The Kier molecular flexibility index (Phi) is 2.62. The Morgan fingerprint density at radius 2 is 2.00 bits per heavy atom. The number of aromatic amines is 1. The maximum absolute atomic E-state index is 5.99. The number of hydrogen-bond acceptors (Lipinski definition) is 2. The first-order chi connectivity index (χ1) is 8.78. The molecule has 1 heterocycles. The number of anilines is 1. The van der Waals surface area contributed by atoms with Crippen molar-refractivity contribution in [2.75, 3.05) is 5.73 Å². The standard InChI is InChI=1S/C15H19N3/c1-2-6-12-13(17-18-14(12)16)15(9-10-15)11-7-4-3-5-8-11/h3-5,7-8H,2,6,9-10H2,1H3,(H3,16,17,18). The first-order valence-corrected chi connectivity index (χ1v) is 6.66. The van der Waals surface area contributed by atoms with E-state index in [1.54, 1.807) is 0 Å². The smallest absolute Gasteiger partial charge is 0.148 e. The fourth-order valence-corrected chi connectivity index (χ4v) is 2.84. The summed E-state index contributed by atoms with van der Waals surface area (Å²) in [6.45, 7) is 2.18. The van der Waals surface area contributed by atoms with Crippen LogP contribution in [0, 0.1) is 0 Å². The van der Waals surface area contributed by atoms with Crippen LogP contribution >= 0.6 is 0 Å². The Morgan fingerprint density at radius 1 is 1.28 bits per heavy atom. The van der Waals surface area contributed by atoms with Crippen molar-refractivity contribution in [1.82, 2.24) is 10.2 Å². The molecule has 0 spiro atoms. The second kappa shape index (κ2) is 4.16. The average molecular weight is 241 g/mol. The highest BCUT2D eigenvalue weighted by molar-refractivity contribution is 5.52. The lowest BCUT2D eigenvalue weighted by Gasteiger charge is -2.16. The molecule has 1 saturated carbocycles. The van der Waals surface area contributed by atoms with Gasteiger partial charge in [-0.05, 0) is 24.8 Å². The molecule has 0 atom stereocenters. The SMILES string of the molecule is CCCc1c(N)n[nH]c1C1(c2ccccc2)CC1. The van der Waals surface area contributed by atoms with E-state index in [1.165, 1.54) is 29.7 Å².